The van der Waals surface area contributed by atoms with Crippen LogP contribution in [0, 0.1) is 0 Å². The van der Waals surface area contributed by atoms with Crippen molar-refractivity contribution in [3.63, 3.8) is 0 Å². The minimum Gasteiger partial charge on any atom is -0.261 e. The summed E-state index contributed by atoms with van der Waals surface area (Å²) >= 11 is 2.29. The zero-order chi connectivity index (χ0) is 12.6. The molecule has 0 unspecified atom stereocenters. The molecule has 0 atom stereocenters. The predicted octanol–water partition coefficient (Wildman–Crippen LogP) is 1.76. The normalized spacial score (nSPS) is 11.6. The molecule has 0 amide bonds. The zero-order valence-electron chi connectivity index (χ0n) is 9.60. The van der Waals surface area contributed by atoms with Gasteiger partial charge in [0.2, 0.25) is 10.0 Å². The number of hydrogen-bond acceptors (Lipinski definition) is 3. The average Bonchev–Trinajstić information content (AvgIpc) is 2.34. The lowest BCUT2D eigenvalue weighted by Crippen LogP contribution is -2.28. The maximum absolute atomic E-state index is 11.6. The first-order valence-electron chi connectivity index (χ1n) is 5.57. The summed E-state index contributed by atoms with van der Waals surface area (Å²) in [5.74, 6) is 0.105. The number of sulfonamides is 1. The van der Waals surface area contributed by atoms with Crippen LogP contribution in [-0.2, 0) is 16.4 Å². The molecule has 0 radical (unpaired) electrons. The summed E-state index contributed by atoms with van der Waals surface area (Å²) in [5.41, 5.74) is 0.810. The molecule has 17 heavy (non-hydrogen) atoms. The van der Waals surface area contributed by atoms with Crippen LogP contribution in [0.15, 0.2) is 24.4 Å². The highest BCUT2D eigenvalue weighted by Crippen LogP contribution is 1.98. The van der Waals surface area contributed by atoms with Crippen LogP contribution in [0.5, 0.6) is 0 Å². The van der Waals surface area contributed by atoms with Crippen molar-refractivity contribution in [1.82, 2.24) is 9.71 Å². The number of rotatable bonds is 8. The van der Waals surface area contributed by atoms with Crippen LogP contribution in [0.4, 0.5) is 0 Å². The van der Waals surface area contributed by atoms with Gasteiger partial charge in [-0.05, 0) is 29.4 Å². The van der Waals surface area contributed by atoms with Crippen molar-refractivity contribution in [3.8, 4) is 0 Å². The Hall–Kier alpha value is -0.210. The highest BCUT2D eigenvalue weighted by atomic mass is 127. The summed E-state index contributed by atoms with van der Waals surface area (Å²) in [4.78, 5) is 4.10. The second kappa shape index (κ2) is 7.99. The molecule has 96 valence electrons. The van der Waals surface area contributed by atoms with E-state index in [4.69, 9.17) is 0 Å². The lowest BCUT2D eigenvalue weighted by molar-refractivity contribution is 0.577. The van der Waals surface area contributed by atoms with E-state index in [9.17, 15) is 8.42 Å². The highest BCUT2D eigenvalue weighted by molar-refractivity contribution is 14.1. The Morgan fingerprint density at radius 1 is 1.29 bits per heavy atom. The van der Waals surface area contributed by atoms with Gasteiger partial charge in [-0.1, -0.05) is 28.7 Å². The molecule has 1 heterocycles. The van der Waals surface area contributed by atoms with Crippen molar-refractivity contribution in [2.75, 3.05) is 16.7 Å². The zero-order valence-corrected chi connectivity index (χ0v) is 12.6. The summed E-state index contributed by atoms with van der Waals surface area (Å²) < 4.78 is 26.9. The minimum absolute atomic E-state index is 0.105. The van der Waals surface area contributed by atoms with Gasteiger partial charge in [-0.25, -0.2) is 13.1 Å². The first-order chi connectivity index (χ1) is 8.14. The standard InChI is InChI=1S/C11H17IN2O2S/c12-7-2-4-9-14-17(15,16)10-6-11-5-1-3-8-13-11/h1,3,5,8,14H,2,4,6-7,9-10H2. The molecule has 0 aliphatic rings. The molecule has 1 N–H and O–H groups in total. The van der Waals surface area contributed by atoms with Gasteiger partial charge in [-0.2, -0.15) is 0 Å². The van der Waals surface area contributed by atoms with Gasteiger partial charge in [-0.3, -0.25) is 4.98 Å². The third-order valence-electron chi connectivity index (χ3n) is 2.24. The number of halogens is 1. The average molecular weight is 368 g/mol. The van der Waals surface area contributed by atoms with Crippen molar-refractivity contribution in [3.05, 3.63) is 30.1 Å². The first kappa shape index (κ1) is 14.8. The van der Waals surface area contributed by atoms with Gasteiger partial charge in [0, 0.05) is 24.9 Å². The lowest BCUT2D eigenvalue weighted by Gasteiger charge is -2.05. The maximum Gasteiger partial charge on any atom is 0.211 e. The van der Waals surface area contributed by atoms with Gasteiger partial charge in [-0.15, -0.1) is 0 Å². The Balaban J connectivity index is 2.30. The van der Waals surface area contributed by atoms with Gasteiger partial charge in [0.1, 0.15) is 0 Å². The second-order valence-electron chi connectivity index (χ2n) is 3.68. The molecule has 0 bridgehead atoms. The Labute approximate surface area is 116 Å². The predicted molar refractivity (Wildman–Crippen MR) is 77.9 cm³/mol. The van der Waals surface area contributed by atoms with Gasteiger partial charge in [0.05, 0.1) is 5.75 Å². The molecule has 6 heteroatoms. The number of alkyl halides is 1. The fourth-order valence-corrected chi connectivity index (χ4v) is 2.92. The number of aromatic nitrogens is 1. The number of nitrogens with one attached hydrogen (secondary N) is 1. The van der Waals surface area contributed by atoms with Crippen molar-refractivity contribution < 1.29 is 8.42 Å². The van der Waals surface area contributed by atoms with E-state index in [0.717, 1.165) is 23.0 Å². The molecule has 4 nitrogen and oxygen atoms in total. The molecule has 1 aromatic rings. The molecule has 0 fully saturated rings. The quantitative estimate of drug-likeness (QED) is 0.432. The summed E-state index contributed by atoms with van der Waals surface area (Å²) in [5, 5.41) is 0. The molecule has 0 saturated carbocycles. The third kappa shape index (κ3) is 6.95. The van der Waals surface area contributed by atoms with Gasteiger partial charge >= 0.3 is 0 Å². The van der Waals surface area contributed by atoms with Crippen LogP contribution >= 0.6 is 22.6 Å². The fraction of sp³-hybridized carbons (Fsp3) is 0.545. The largest absolute Gasteiger partial charge is 0.261 e. The van der Waals surface area contributed by atoms with Crippen LogP contribution in [0.1, 0.15) is 18.5 Å². The Kier molecular flexibility index (Phi) is 6.98. The van der Waals surface area contributed by atoms with Crippen LogP contribution in [0.3, 0.4) is 0 Å². The van der Waals surface area contributed by atoms with Crippen LogP contribution in [-0.4, -0.2) is 30.1 Å². The Bertz CT molecular complexity index is 409. The summed E-state index contributed by atoms with van der Waals surface area (Å²) in [6.07, 6.45) is 4.08. The monoisotopic (exact) mass is 368 g/mol. The number of pyridine rings is 1. The number of unbranched alkanes of at least 4 members (excludes halogenated alkanes) is 1. The molecular weight excluding hydrogens is 351 g/mol. The smallest absolute Gasteiger partial charge is 0.211 e. The van der Waals surface area contributed by atoms with E-state index in [-0.39, 0.29) is 5.75 Å². The van der Waals surface area contributed by atoms with Crippen molar-refractivity contribution in [1.29, 1.82) is 0 Å². The Morgan fingerprint density at radius 3 is 2.76 bits per heavy atom. The topological polar surface area (TPSA) is 59.1 Å². The molecule has 1 rings (SSSR count). The summed E-state index contributed by atoms with van der Waals surface area (Å²) in [7, 11) is -3.15. The fourth-order valence-electron chi connectivity index (χ4n) is 1.30. The van der Waals surface area contributed by atoms with E-state index < -0.39 is 10.0 Å². The number of nitrogens with zero attached hydrogens (tertiary/aromatic N) is 1. The lowest BCUT2D eigenvalue weighted by atomic mass is 10.3. The van der Waals surface area contributed by atoms with Crippen molar-refractivity contribution in [2.24, 2.45) is 0 Å². The molecule has 0 spiro atoms. The molecule has 0 saturated heterocycles. The molecule has 1 aromatic heterocycles. The maximum atomic E-state index is 11.6. The summed E-state index contributed by atoms with van der Waals surface area (Å²) in [6, 6.07) is 5.52. The van der Waals surface area contributed by atoms with Gasteiger partial charge in [0.25, 0.3) is 0 Å². The number of hydrogen-bond donors (Lipinski definition) is 1. The van der Waals surface area contributed by atoms with Crippen LogP contribution in [0.2, 0.25) is 0 Å². The highest BCUT2D eigenvalue weighted by Gasteiger charge is 2.09. The van der Waals surface area contributed by atoms with Crippen LogP contribution < -0.4 is 4.72 Å². The van der Waals surface area contributed by atoms with Crippen molar-refractivity contribution in [2.45, 2.75) is 19.3 Å². The van der Waals surface area contributed by atoms with E-state index >= 15 is 0 Å². The van der Waals surface area contributed by atoms with E-state index in [2.05, 4.69) is 32.3 Å². The molecular formula is C11H17IN2O2S. The van der Waals surface area contributed by atoms with Crippen LogP contribution in [0.25, 0.3) is 0 Å². The molecule has 0 aliphatic heterocycles. The first-order valence-corrected chi connectivity index (χ1v) is 8.75. The van der Waals surface area contributed by atoms with Crippen molar-refractivity contribution >= 4 is 32.6 Å². The van der Waals surface area contributed by atoms with E-state index in [1.165, 1.54) is 0 Å². The molecule has 0 aromatic carbocycles. The van der Waals surface area contributed by atoms with E-state index in [1.54, 1.807) is 6.20 Å². The molecule has 0 aliphatic carbocycles. The van der Waals surface area contributed by atoms with Gasteiger partial charge < -0.3 is 0 Å². The summed E-state index contributed by atoms with van der Waals surface area (Å²) in [6.45, 7) is 0.535. The van der Waals surface area contributed by atoms with Gasteiger partial charge in [0.15, 0.2) is 0 Å². The van der Waals surface area contributed by atoms with E-state index in [1.807, 2.05) is 18.2 Å². The second-order valence-corrected chi connectivity index (χ2v) is 6.69. The number of aryl methyl sites for hydroxylation is 1. The Morgan fingerprint density at radius 2 is 2.12 bits per heavy atom. The third-order valence-corrected chi connectivity index (χ3v) is 4.38. The van der Waals surface area contributed by atoms with E-state index in [0.29, 0.717) is 13.0 Å². The SMILES string of the molecule is O=S(=O)(CCc1ccccn1)NCCCCI. The minimum atomic E-state index is -3.15.